The number of aromatic hydroxyl groups is 4. The molecule has 2 saturated heterocycles. The number of fused-ring (bicyclic) bond motifs is 14. The quantitative estimate of drug-likeness (QED) is 0.0384. The van der Waals surface area contributed by atoms with Crippen LogP contribution in [0.1, 0.15) is 140 Å². The van der Waals surface area contributed by atoms with Crippen molar-refractivity contribution in [1.82, 2.24) is 42.5 Å². The third-order valence-electron chi connectivity index (χ3n) is 21.8. The number of nitrogens with one attached hydrogen (secondary N) is 8. The predicted molar refractivity (Wildman–Crippen MR) is 429 cm³/mol. The van der Waals surface area contributed by atoms with E-state index in [0.717, 1.165) is 111 Å². The summed E-state index contributed by atoms with van der Waals surface area (Å²) in [5.74, 6) is -19.0. The zero-order valence-electron chi connectivity index (χ0n) is 66.1. The van der Waals surface area contributed by atoms with Gasteiger partial charge in [-0.15, -0.1) is 0 Å². The number of aliphatic hydroxyl groups is 8. The van der Waals surface area contributed by atoms with Crippen molar-refractivity contribution < 1.29 is 147 Å². The lowest BCUT2D eigenvalue weighted by atomic mass is 9.89. The van der Waals surface area contributed by atoms with Crippen LogP contribution in [0.4, 0.5) is 0 Å². The van der Waals surface area contributed by atoms with Crippen molar-refractivity contribution in [3.05, 3.63) is 164 Å². The van der Waals surface area contributed by atoms with Crippen LogP contribution in [-0.4, -0.2) is 220 Å². The van der Waals surface area contributed by atoms with Gasteiger partial charge in [0.15, 0.2) is 35.1 Å². The first-order chi connectivity index (χ1) is 59.3. The van der Waals surface area contributed by atoms with Crippen LogP contribution in [0, 0.1) is 0 Å². The number of hydrogen-bond acceptors (Lipinski definition) is 30. The Morgan fingerprint density at radius 1 is 0.540 bits per heavy atom. The molecular formula is C84H90Cl2N8O30. The summed E-state index contributed by atoms with van der Waals surface area (Å²) >= 11 is 14.2. The first-order valence-electron chi connectivity index (χ1n) is 39.6. The summed E-state index contributed by atoms with van der Waals surface area (Å²) in [5, 5.41) is 167. The number of carbonyl (C=O) groups excluding carboxylic acids is 8. The summed E-state index contributed by atoms with van der Waals surface area (Å²) in [6.45, 7) is -0.272. The van der Waals surface area contributed by atoms with E-state index in [9.17, 15) is 85.6 Å². The fourth-order valence-corrected chi connectivity index (χ4v) is 15.7. The molecule has 0 aliphatic carbocycles. The molecule has 8 aliphatic heterocycles. The van der Waals surface area contributed by atoms with Crippen molar-refractivity contribution in [3.8, 4) is 80.1 Å². The Balaban J connectivity index is 1.05. The second kappa shape index (κ2) is 38.9. The molecule has 7 aromatic carbocycles. The Labute approximate surface area is 715 Å². The van der Waals surface area contributed by atoms with Gasteiger partial charge in [-0.2, -0.15) is 0 Å². The number of unbranched alkanes of at least 4 members (excludes halogenated alkanes) is 7. The monoisotopic (exact) mass is 1760 g/mol. The summed E-state index contributed by atoms with van der Waals surface area (Å²) in [4.78, 5) is 137. The lowest BCUT2D eigenvalue weighted by Gasteiger charge is -2.41. The number of likely N-dealkylation sites (N-methyl/N-ethyl adjacent to an activating group) is 1. The van der Waals surface area contributed by atoms with E-state index in [4.69, 9.17) is 61.1 Å². The molecule has 21 N–H and O–H groups in total. The number of carboxylic acids is 1. The van der Waals surface area contributed by atoms with Crippen LogP contribution >= 0.6 is 23.2 Å². The molecule has 8 aliphatic rings. The van der Waals surface area contributed by atoms with Crippen molar-refractivity contribution in [3.63, 3.8) is 0 Å². The highest BCUT2D eigenvalue weighted by atomic mass is 35.5. The van der Waals surface area contributed by atoms with Crippen LogP contribution in [0.3, 0.4) is 0 Å². The van der Waals surface area contributed by atoms with Crippen LogP contribution < -0.4 is 66.2 Å². The van der Waals surface area contributed by atoms with Crippen molar-refractivity contribution >= 4 is 76.5 Å². The summed E-state index contributed by atoms with van der Waals surface area (Å²) in [5.41, 5.74) is -3.29. The van der Waals surface area contributed by atoms with E-state index < -0.39 is 284 Å². The summed E-state index contributed by atoms with van der Waals surface area (Å²) in [6, 6.07) is 4.46. The molecule has 124 heavy (non-hydrogen) atoms. The van der Waals surface area contributed by atoms with E-state index in [0.29, 0.717) is 12.8 Å². The van der Waals surface area contributed by atoms with Gasteiger partial charge < -0.3 is 147 Å². The van der Waals surface area contributed by atoms with Crippen molar-refractivity contribution in [1.29, 1.82) is 0 Å². The third kappa shape index (κ3) is 19.5. The molecule has 17 bridgehead atoms. The van der Waals surface area contributed by atoms with Gasteiger partial charge in [-0.1, -0.05) is 105 Å². The highest BCUT2D eigenvalue weighted by Gasteiger charge is 2.52. The molecule has 7 aromatic rings. The molecule has 40 heteroatoms. The maximum atomic E-state index is 16.7. The number of hydrogen-bond donors (Lipinski definition) is 21. The zero-order valence-corrected chi connectivity index (χ0v) is 67.6. The highest BCUT2D eigenvalue weighted by molar-refractivity contribution is 6.33. The van der Waals surface area contributed by atoms with Crippen LogP contribution in [-0.2, 0) is 63.8 Å². The molecule has 660 valence electrons. The van der Waals surface area contributed by atoms with E-state index in [-0.39, 0.29) is 40.4 Å². The first kappa shape index (κ1) is 89.9. The molecule has 18 atom stereocenters. The molecular weight excluding hydrogens is 1670 g/mol. The van der Waals surface area contributed by atoms with Gasteiger partial charge in [-0.3, -0.25) is 33.6 Å². The summed E-state index contributed by atoms with van der Waals surface area (Å²) in [6.07, 6.45) is -15.1. The maximum Gasteiger partial charge on any atom is 0.338 e. The van der Waals surface area contributed by atoms with E-state index in [1.807, 2.05) is 0 Å². The Morgan fingerprint density at radius 3 is 1.88 bits per heavy atom. The number of phenols is 4. The number of benzene rings is 7. The van der Waals surface area contributed by atoms with Gasteiger partial charge in [0.05, 0.1) is 23.3 Å². The molecule has 8 heterocycles. The van der Waals surface area contributed by atoms with Gasteiger partial charge in [-0.05, 0) is 114 Å². The molecule has 0 aromatic heterocycles. The largest absolute Gasteiger partial charge is 0.508 e. The normalized spacial score (nSPS) is 26.2. The Bertz CT molecular complexity index is 5220. The number of halogens is 2. The summed E-state index contributed by atoms with van der Waals surface area (Å²) < 4.78 is 49.6. The van der Waals surface area contributed by atoms with Gasteiger partial charge in [-0.25, -0.2) is 9.59 Å². The number of esters is 1. The first-order valence-corrected chi connectivity index (χ1v) is 40.4. The number of aliphatic hydroxyl groups excluding tert-OH is 8. The molecule has 38 nitrogen and oxygen atoms in total. The third-order valence-corrected chi connectivity index (χ3v) is 22.5. The minimum Gasteiger partial charge on any atom is -0.508 e. The van der Waals surface area contributed by atoms with Crippen LogP contribution in [0.25, 0.3) is 11.1 Å². The van der Waals surface area contributed by atoms with Crippen molar-refractivity contribution in [2.24, 2.45) is 0 Å². The minimum absolute atomic E-state index is 0.150. The number of carbonyl (C=O) groups is 9. The maximum absolute atomic E-state index is 16.7. The molecule has 0 spiro atoms. The molecule has 15 rings (SSSR count). The number of aliphatic carboxylic acids is 1. The van der Waals surface area contributed by atoms with Crippen molar-refractivity contribution in [2.75, 3.05) is 26.9 Å². The second-order valence-electron chi connectivity index (χ2n) is 30.3. The van der Waals surface area contributed by atoms with E-state index in [1.54, 1.807) is 0 Å². The Kier molecular flexibility index (Phi) is 28.2. The number of amides is 7. The average molecular weight is 1760 g/mol. The number of carboxylic acid groups (broad SMARTS) is 1. The van der Waals surface area contributed by atoms with E-state index in [2.05, 4.69) is 49.5 Å². The van der Waals surface area contributed by atoms with Gasteiger partial charge >= 0.3 is 11.9 Å². The van der Waals surface area contributed by atoms with E-state index >= 15 is 24.0 Å². The number of phenolic OH excluding ortho intramolecular Hbond substituents is 4. The van der Waals surface area contributed by atoms with Crippen LogP contribution in [0.2, 0.25) is 10.0 Å². The van der Waals surface area contributed by atoms with Crippen LogP contribution in [0.5, 0.6) is 69.0 Å². The highest BCUT2D eigenvalue weighted by Crippen LogP contribution is 2.50. The summed E-state index contributed by atoms with van der Waals surface area (Å²) in [7, 11) is 1.42. The van der Waals surface area contributed by atoms with Gasteiger partial charge in [0.2, 0.25) is 59.7 Å². The number of ether oxygens (including phenoxy) is 8. The molecule has 8 unspecified atom stereocenters. The molecule has 7 amide bonds. The van der Waals surface area contributed by atoms with Crippen LogP contribution in [0.15, 0.2) is 115 Å². The van der Waals surface area contributed by atoms with Crippen molar-refractivity contribution in [2.45, 2.75) is 181 Å². The van der Waals surface area contributed by atoms with Gasteiger partial charge in [0.1, 0.15) is 132 Å². The fraction of sp³-hybridized carbons (Fsp3) is 0.393. The average Bonchev–Trinajstić information content (AvgIpc) is 0.765. The zero-order chi connectivity index (χ0) is 88.8. The SMILES string of the molecule is CCCCCCCCCCC(=O)N[C@H]1C(Oc2c3cc4cc2Oc2ccc(cc2Cl)[C@@H](O)C2NC(=O)C(NC(=O)C4NC(=O)C4NC(=O)C(Cc5ccc(cc5)O3)NC(=O)[C@@H](NC)c3ccc(O)c(c3)Oc3cc(O)c(Cl)c4c3)c3ccc(O)c(c3)-c3c(OC4O[C@H](CO)[C@@H](O)[C@H](O)[C@@H]4O)cc(O)cc3C(C(=O)O)NC2=O)O[C@H](C(=O)OCCO)[C@@H](O)[C@@H]1O. The van der Waals surface area contributed by atoms with Gasteiger partial charge in [0.25, 0.3) is 0 Å². The smallest absolute Gasteiger partial charge is 0.338 e. The fourth-order valence-electron chi connectivity index (χ4n) is 15.3. The molecule has 0 saturated carbocycles. The minimum atomic E-state index is -2.47. The second-order valence-corrected chi connectivity index (χ2v) is 31.1. The Morgan fingerprint density at radius 2 is 1.19 bits per heavy atom. The number of rotatable bonds is 20. The van der Waals surface area contributed by atoms with E-state index in [1.165, 1.54) is 49.5 Å². The van der Waals surface area contributed by atoms with Gasteiger partial charge in [0, 0.05) is 47.2 Å². The molecule has 0 radical (unpaired) electrons. The molecule has 2 fully saturated rings. The standard InChI is InChI=1S/C84H90Cl2N8O30/c1-3-4-5-6-7-8-9-10-11-57(101)89-66-69(104)71(106)74(82(116)117-23-22-95)124-83(66)123-73-54-28-39-29-55(73)120-51-21-16-38(26-46(51)85)67(102)65-80(113)93-64(81(114)115)44-30-40(97)31-53(121-84-72(107)70(105)68(103)56(34-96)122-84)58(44)43-25-36(14-19-48(43)98)61(77(110)94-65)90-78(111)62(39)91-79(112)63-45-32-42(33-50(100)59(45)86)119-52-27-37(15-20-49(52)99)60(87-2)76(109)88-47(75(108)92-63)24-35-12-17-41(118-54)18-13-35/h12-21,25-33,47,56,60-72,74,83-84,87,95-100,102-107H,3-11,22-24,34H2,1-2H3,(H,88,109)(H,89,101)(H,90,111)(H,91,112)(H,92,108)(H,93,113)(H,94,110)(H,114,115)/t47?,56-,60+,61?,62?,63?,64?,65?,66-,67-,68-,69-,70+,71+,72+,74+,83?,84?/m1/s1. The Hall–Kier alpha value is -11.9. The lowest BCUT2D eigenvalue weighted by Crippen LogP contribution is -2.66. The lowest BCUT2D eigenvalue weighted by molar-refractivity contribution is -0.277. The topological polar surface area (TPSA) is 587 Å². The predicted octanol–water partition coefficient (Wildman–Crippen LogP) is 3.39.